The zero-order valence-electron chi connectivity index (χ0n) is 18.4. The Balaban J connectivity index is 1.33. The third-order valence-corrected chi connectivity index (χ3v) is 5.98. The predicted octanol–water partition coefficient (Wildman–Crippen LogP) is 3.57. The normalized spacial score (nSPS) is 21.3. The van der Waals surface area contributed by atoms with Crippen LogP contribution in [0.25, 0.3) is 0 Å². The van der Waals surface area contributed by atoms with Crippen LogP contribution in [0.2, 0.25) is 0 Å². The molecule has 4 rings (SSSR count). The minimum atomic E-state index is -2.59. The number of anilines is 2. The Bertz CT molecular complexity index is 930. The van der Waals surface area contributed by atoms with Gasteiger partial charge in [-0.25, -0.2) is 13.8 Å². The highest BCUT2D eigenvalue weighted by atomic mass is 19.3. The van der Waals surface area contributed by atoms with Gasteiger partial charge in [-0.1, -0.05) is 12.1 Å². The maximum Gasteiger partial charge on any atom is 0.251 e. The van der Waals surface area contributed by atoms with E-state index in [0.717, 1.165) is 30.1 Å². The van der Waals surface area contributed by atoms with E-state index in [1.807, 2.05) is 42.2 Å². The fraction of sp³-hybridized carbons (Fsp3) is 0.522. The highest BCUT2D eigenvalue weighted by Gasteiger charge is 2.35. The molecule has 0 radical (unpaired) electrons. The van der Waals surface area contributed by atoms with Crippen molar-refractivity contribution in [3.05, 3.63) is 42.1 Å². The third kappa shape index (κ3) is 5.44. The number of aromatic nitrogens is 2. The van der Waals surface area contributed by atoms with Gasteiger partial charge in [0.15, 0.2) is 0 Å². The fourth-order valence-electron chi connectivity index (χ4n) is 4.15. The van der Waals surface area contributed by atoms with E-state index in [-0.39, 0.29) is 44.0 Å². The number of halogens is 2. The summed E-state index contributed by atoms with van der Waals surface area (Å²) < 4.78 is 33.0. The van der Waals surface area contributed by atoms with Crippen LogP contribution in [0.5, 0.6) is 5.75 Å². The summed E-state index contributed by atoms with van der Waals surface area (Å²) in [6, 6.07) is 9.56. The van der Waals surface area contributed by atoms with Crippen molar-refractivity contribution in [3.63, 3.8) is 0 Å². The average Bonchev–Trinajstić information content (AvgIpc) is 3.22. The van der Waals surface area contributed by atoms with E-state index in [1.54, 1.807) is 6.20 Å². The van der Waals surface area contributed by atoms with Gasteiger partial charge in [-0.3, -0.25) is 4.79 Å². The number of nitrogens with zero attached hydrogens (tertiary/aromatic N) is 4. The minimum Gasteiger partial charge on any atom is -0.489 e. The fourth-order valence-corrected chi connectivity index (χ4v) is 4.15. The van der Waals surface area contributed by atoms with Crippen LogP contribution >= 0.6 is 0 Å². The molecule has 0 unspecified atom stereocenters. The lowest BCUT2D eigenvalue weighted by Crippen LogP contribution is -2.40. The summed E-state index contributed by atoms with van der Waals surface area (Å²) >= 11 is 0. The van der Waals surface area contributed by atoms with Gasteiger partial charge in [0.05, 0.1) is 12.6 Å². The summed E-state index contributed by atoms with van der Waals surface area (Å²) in [5.41, 5.74) is 1.02. The van der Waals surface area contributed by atoms with Crippen molar-refractivity contribution in [2.75, 3.05) is 36.0 Å². The first-order chi connectivity index (χ1) is 15.3. The van der Waals surface area contributed by atoms with Crippen LogP contribution in [-0.2, 0) is 4.79 Å². The molecule has 2 aliphatic heterocycles. The molecule has 2 aliphatic rings. The van der Waals surface area contributed by atoms with E-state index in [2.05, 4.69) is 20.2 Å². The first kappa shape index (κ1) is 22.2. The van der Waals surface area contributed by atoms with Gasteiger partial charge in [-0.05, 0) is 30.7 Å². The quantitative estimate of drug-likeness (QED) is 0.733. The second-order valence-electron chi connectivity index (χ2n) is 8.52. The van der Waals surface area contributed by atoms with Gasteiger partial charge in [0.25, 0.3) is 5.92 Å². The predicted molar refractivity (Wildman–Crippen MR) is 118 cm³/mol. The molecule has 2 saturated heterocycles. The monoisotopic (exact) mass is 445 g/mol. The Morgan fingerprint density at radius 1 is 1.16 bits per heavy atom. The average molecular weight is 446 g/mol. The van der Waals surface area contributed by atoms with Gasteiger partial charge in [0.1, 0.15) is 17.7 Å². The number of hydrogen-bond donors (Lipinski definition) is 1. The van der Waals surface area contributed by atoms with Crippen LogP contribution in [0, 0.1) is 0 Å². The van der Waals surface area contributed by atoms with Crippen molar-refractivity contribution < 1.29 is 18.3 Å². The lowest BCUT2D eigenvalue weighted by molar-refractivity contribution is -0.119. The van der Waals surface area contributed by atoms with Gasteiger partial charge in [0, 0.05) is 52.0 Å². The SMILES string of the molecule is CC(=O)N[C@@H](C)c1ccc(O[C@@H]2CCN(c3ccnc(N4CCC(F)(F)CC4)n3)C2)cc1. The number of carbonyl (C=O) groups excluding carboxylic acids is 1. The van der Waals surface area contributed by atoms with E-state index >= 15 is 0 Å². The highest BCUT2D eigenvalue weighted by Crippen LogP contribution is 2.30. The molecule has 1 aromatic heterocycles. The van der Waals surface area contributed by atoms with E-state index < -0.39 is 5.92 Å². The largest absolute Gasteiger partial charge is 0.489 e. The molecule has 172 valence electrons. The second-order valence-corrected chi connectivity index (χ2v) is 8.52. The first-order valence-corrected chi connectivity index (χ1v) is 11.0. The summed E-state index contributed by atoms with van der Waals surface area (Å²) in [4.78, 5) is 24.1. The third-order valence-electron chi connectivity index (χ3n) is 5.98. The summed E-state index contributed by atoms with van der Waals surface area (Å²) in [6.45, 7) is 5.47. The van der Waals surface area contributed by atoms with Crippen molar-refractivity contribution in [2.45, 2.75) is 51.2 Å². The van der Waals surface area contributed by atoms with Gasteiger partial charge < -0.3 is 19.9 Å². The van der Waals surface area contributed by atoms with Gasteiger partial charge in [-0.15, -0.1) is 0 Å². The molecule has 2 fully saturated rings. The number of carbonyl (C=O) groups is 1. The Kier molecular flexibility index (Phi) is 6.43. The molecule has 0 saturated carbocycles. The topological polar surface area (TPSA) is 70.6 Å². The van der Waals surface area contributed by atoms with Crippen molar-refractivity contribution in [2.24, 2.45) is 0 Å². The molecule has 1 amide bonds. The Morgan fingerprint density at radius 3 is 2.56 bits per heavy atom. The molecule has 2 aromatic rings. The first-order valence-electron chi connectivity index (χ1n) is 11.0. The number of amides is 1. The van der Waals surface area contributed by atoms with Crippen LogP contribution in [0.15, 0.2) is 36.5 Å². The van der Waals surface area contributed by atoms with Crippen LogP contribution < -0.4 is 19.9 Å². The lowest BCUT2D eigenvalue weighted by atomic mass is 10.1. The standard InChI is InChI=1S/C23H29F2N5O2/c1-16(27-17(2)31)18-3-5-19(6-4-18)32-20-8-12-30(15-20)21-7-11-26-22(28-21)29-13-9-23(24,25)10-14-29/h3-7,11,16,20H,8-10,12-15H2,1-2H3,(H,27,31)/t16-,20+/m0/s1. The molecule has 0 bridgehead atoms. The zero-order valence-corrected chi connectivity index (χ0v) is 18.4. The van der Waals surface area contributed by atoms with Crippen molar-refractivity contribution in [3.8, 4) is 5.75 Å². The van der Waals surface area contributed by atoms with E-state index in [9.17, 15) is 13.6 Å². The Morgan fingerprint density at radius 2 is 1.88 bits per heavy atom. The summed E-state index contributed by atoms with van der Waals surface area (Å²) in [7, 11) is 0. The maximum absolute atomic E-state index is 13.4. The van der Waals surface area contributed by atoms with E-state index in [1.165, 1.54) is 6.92 Å². The Hall–Kier alpha value is -2.97. The number of benzene rings is 1. The molecule has 1 N–H and O–H groups in total. The minimum absolute atomic E-state index is 0.0284. The molecular formula is C23H29F2N5O2. The molecule has 1 aromatic carbocycles. The van der Waals surface area contributed by atoms with E-state index in [0.29, 0.717) is 12.5 Å². The van der Waals surface area contributed by atoms with Crippen LogP contribution in [-0.4, -0.2) is 54.1 Å². The summed E-state index contributed by atoms with van der Waals surface area (Å²) in [6.07, 6.45) is 2.25. The smallest absolute Gasteiger partial charge is 0.251 e. The van der Waals surface area contributed by atoms with Gasteiger partial charge in [0.2, 0.25) is 11.9 Å². The van der Waals surface area contributed by atoms with Crippen LogP contribution in [0.1, 0.15) is 44.7 Å². The van der Waals surface area contributed by atoms with Gasteiger partial charge in [-0.2, -0.15) is 4.98 Å². The molecule has 0 aliphatic carbocycles. The maximum atomic E-state index is 13.4. The number of nitrogens with one attached hydrogen (secondary N) is 1. The highest BCUT2D eigenvalue weighted by molar-refractivity contribution is 5.73. The second kappa shape index (κ2) is 9.26. The lowest BCUT2D eigenvalue weighted by Gasteiger charge is -2.32. The van der Waals surface area contributed by atoms with Gasteiger partial charge >= 0.3 is 0 Å². The summed E-state index contributed by atoms with van der Waals surface area (Å²) in [5, 5.41) is 2.87. The number of ether oxygens (including phenoxy) is 1. The zero-order chi connectivity index (χ0) is 22.7. The molecular weight excluding hydrogens is 416 g/mol. The van der Waals surface area contributed by atoms with Crippen LogP contribution in [0.4, 0.5) is 20.5 Å². The number of rotatable bonds is 6. The molecule has 32 heavy (non-hydrogen) atoms. The van der Waals surface area contributed by atoms with Crippen molar-refractivity contribution in [1.29, 1.82) is 0 Å². The molecule has 7 nitrogen and oxygen atoms in total. The summed E-state index contributed by atoms with van der Waals surface area (Å²) in [5.74, 6) is -0.569. The molecule has 3 heterocycles. The number of alkyl halides is 2. The van der Waals surface area contributed by atoms with Crippen molar-refractivity contribution >= 4 is 17.7 Å². The van der Waals surface area contributed by atoms with Crippen LogP contribution in [0.3, 0.4) is 0 Å². The molecule has 9 heteroatoms. The number of piperidine rings is 1. The van der Waals surface area contributed by atoms with Crippen molar-refractivity contribution in [1.82, 2.24) is 15.3 Å². The Labute approximate surface area is 186 Å². The van der Waals surface area contributed by atoms with E-state index in [4.69, 9.17) is 4.74 Å². The molecule has 2 atom stereocenters. The molecule has 0 spiro atoms. The number of hydrogen-bond acceptors (Lipinski definition) is 6.